The van der Waals surface area contributed by atoms with E-state index in [0.29, 0.717) is 0 Å². The number of halogens is 1. The fourth-order valence-electron chi connectivity index (χ4n) is 1.22. The molecule has 0 spiro atoms. The Hall–Kier alpha value is 0.250. The van der Waals surface area contributed by atoms with Crippen LogP contribution in [0.2, 0.25) is 0 Å². The summed E-state index contributed by atoms with van der Waals surface area (Å²) >= 11 is 5.38. The zero-order valence-electron chi connectivity index (χ0n) is 8.48. The third kappa shape index (κ3) is 8.35. The number of rotatable bonds is 3. The number of alkyl halides is 1. The average molecular weight is 192 g/mol. The summed E-state index contributed by atoms with van der Waals surface area (Å²) in [6, 6.07) is 0. The third-order valence-corrected chi connectivity index (χ3v) is 2.33. The van der Waals surface area contributed by atoms with Gasteiger partial charge in [0.05, 0.1) is 0 Å². The van der Waals surface area contributed by atoms with Crippen LogP contribution in [0.5, 0.6) is 0 Å². The Balaban J connectivity index is 0.000000202. The maximum Gasteiger partial charge on any atom is 0.0223 e. The standard InChI is InChI=1S/C5H11Cl.C5H11N/c1-2-3-4-5-6;1-6-4-2-3-5-6/h2*2-5H2,1H3. The van der Waals surface area contributed by atoms with E-state index in [0.717, 1.165) is 5.88 Å². The van der Waals surface area contributed by atoms with E-state index >= 15 is 0 Å². The molecule has 1 saturated heterocycles. The van der Waals surface area contributed by atoms with E-state index in [4.69, 9.17) is 11.6 Å². The summed E-state index contributed by atoms with van der Waals surface area (Å²) in [4.78, 5) is 2.36. The highest BCUT2D eigenvalue weighted by molar-refractivity contribution is 6.17. The first-order valence-electron chi connectivity index (χ1n) is 5.05. The molecule has 0 radical (unpaired) electrons. The summed E-state index contributed by atoms with van der Waals surface area (Å²) in [6.07, 6.45) is 6.56. The van der Waals surface area contributed by atoms with Gasteiger partial charge in [-0.1, -0.05) is 19.8 Å². The van der Waals surface area contributed by atoms with Gasteiger partial charge < -0.3 is 4.90 Å². The molecule has 0 saturated carbocycles. The first kappa shape index (κ1) is 12.2. The molecule has 1 heterocycles. The Labute approximate surface area is 82.1 Å². The van der Waals surface area contributed by atoms with Gasteiger partial charge in [-0.3, -0.25) is 0 Å². The van der Waals surface area contributed by atoms with Crippen LogP contribution < -0.4 is 0 Å². The predicted octanol–water partition coefficient (Wildman–Crippen LogP) is 3.13. The van der Waals surface area contributed by atoms with Crippen molar-refractivity contribution in [1.29, 1.82) is 0 Å². The van der Waals surface area contributed by atoms with Gasteiger partial charge in [-0.15, -0.1) is 11.6 Å². The lowest BCUT2D eigenvalue weighted by molar-refractivity contribution is 0.418. The van der Waals surface area contributed by atoms with Gasteiger partial charge in [0.1, 0.15) is 0 Å². The topological polar surface area (TPSA) is 3.24 Å². The van der Waals surface area contributed by atoms with Crippen LogP contribution in [0.1, 0.15) is 39.0 Å². The molecule has 1 nitrogen and oxygen atoms in total. The smallest absolute Gasteiger partial charge is 0.0223 e. The molecule has 1 rings (SSSR count). The Morgan fingerprint density at radius 3 is 1.92 bits per heavy atom. The van der Waals surface area contributed by atoms with Crippen molar-refractivity contribution in [3.05, 3.63) is 0 Å². The van der Waals surface area contributed by atoms with Crippen LogP contribution in [0.4, 0.5) is 0 Å². The van der Waals surface area contributed by atoms with Crippen molar-refractivity contribution in [2.24, 2.45) is 0 Å². The molecule has 74 valence electrons. The quantitative estimate of drug-likeness (QED) is 0.490. The summed E-state index contributed by atoms with van der Waals surface area (Å²) in [5, 5.41) is 0. The SMILES string of the molecule is CCCCCCl.CN1CCCC1. The van der Waals surface area contributed by atoms with Gasteiger partial charge in [0, 0.05) is 5.88 Å². The van der Waals surface area contributed by atoms with Crippen molar-refractivity contribution >= 4 is 11.6 Å². The maximum absolute atomic E-state index is 5.38. The average Bonchev–Trinajstić information content (AvgIpc) is 2.53. The second-order valence-corrected chi connectivity index (χ2v) is 3.78. The third-order valence-electron chi connectivity index (χ3n) is 2.07. The van der Waals surface area contributed by atoms with E-state index < -0.39 is 0 Å². The molecule has 1 fully saturated rings. The summed E-state index contributed by atoms with van der Waals surface area (Å²) in [5.41, 5.74) is 0. The molecule has 0 bridgehead atoms. The van der Waals surface area contributed by atoms with E-state index in [-0.39, 0.29) is 0 Å². The molecule has 1 aliphatic rings. The van der Waals surface area contributed by atoms with Crippen molar-refractivity contribution < 1.29 is 0 Å². The Morgan fingerprint density at radius 2 is 1.75 bits per heavy atom. The van der Waals surface area contributed by atoms with Gasteiger partial charge in [0.15, 0.2) is 0 Å². The van der Waals surface area contributed by atoms with Crippen molar-refractivity contribution in [2.45, 2.75) is 39.0 Å². The zero-order valence-corrected chi connectivity index (χ0v) is 9.24. The largest absolute Gasteiger partial charge is 0.306 e. The molecule has 0 aliphatic carbocycles. The lowest BCUT2D eigenvalue weighted by atomic mass is 10.3. The van der Waals surface area contributed by atoms with E-state index in [2.05, 4.69) is 18.9 Å². The van der Waals surface area contributed by atoms with Crippen molar-refractivity contribution in [1.82, 2.24) is 4.90 Å². The highest BCUT2D eigenvalue weighted by Gasteiger charge is 2.03. The molecule has 0 amide bonds. The number of hydrogen-bond acceptors (Lipinski definition) is 1. The van der Waals surface area contributed by atoms with Crippen LogP contribution in [-0.2, 0) is 0 Å². The molecule has 0 N–H and O–H groups in total. The number of likely N-dealkylation sites (tertiary alicyclic amines) is 1. The molecule has 2 heteroatoms. The molecule has 0 aromatic heterocycles. The molecule has 0 atom stereocenters. The lowest BCUT2D eigenvalue weighted by Gasteiger charge is -2.01. The lowest BCUT2D eigenvalue weighted by Crippen LogP contribution is -2.10. The highest BCUT2D eigenvalue weighted by atomic mass is 35.5. The van der Waals surface area contributed by atoms with Crippen LogP contribution >= 0.6 is 11.6 Å². The van der Waals surface area contributed by atoms with Crippen molar-refractivity contribution in [3.8, 4) is 0 Å². The van der Waals surface area contributed by atoms with Crippen molar-refractivity contribution in [3.63, 3.8) is 0 Å². The van der Waals surface area contributed by atoms with Gasteiger partial charge >= 0.3 is 0 Å². The van der Waals surface area contributed by atoms with Gasteiger partial charge in [-0.25, -0.2) is 0 Å². The van der Waals surface area contributed by atoms with Gasteiger partial charge in [0.2, 0.25) is 0 Å². The Kier molecular flexibility index (Phi) is 9.53. The normalized spacial score (nSPS) is 17.2. The molecule has 12 heavy (non-hydrogen) atoms. The van der Waals surface area contributed by atoms with Crippen LogP contribution in [-0.4, -0.2) is 30.9 Å². The summed E-state index contributed by atoms with van der Waals surface area (Å²) in [7, 11) is 2.17. The van der Waals surface area contributed by atoms with Crippen LogP contribution in [0.15, 0.2) is 0 Å². The van der Waals surface area contributed by atoms with E-state index in [1.54, 1.807) is 0 Å². The number of nitrogens with zero attached hydrogens (tertiary/aromatic N) is 1. The first-order chi connectivity index (χ1) is 5.81. The molecular formula is C10H22ClN. The van der Waals surface area contributed by atoms with E-state index in [9.17, 15) is 0 Å². The second-order valence-electron chi connectivity index (χ2n) is 3.41. The Morgan fingerprint density at radius 1 is 1.17 bits per heavy atom. The number of hydrogen-bond donors (Lipinski definition) is 0. The minimum atomic E-state index is 0.827. The van der Waals surface area contributed by atoms with E-state index in [1.165, 1.54) is 45.2 Å². The fraction of sp³-hybridized carbons (Fsp3) is 1.00. The highest BCUT2D eigenvalue weighted by Crippen LogP contribution is 2.02. The summed E-state index contributed by atoms with van der Waals surface area (Å²) in [6.45, 7) is 4.81. The predicted molar refractivity (Wildman–Crippen MR) is 57.0 cm³/mol. The maximum atomic E-state index is 5.38. The second kappa shape index (κ2) is 9.34. The summed E-state index contributed by atoms with van der Waals surface area (Å²) in [5.74, 6) is 0.827. The first-order valence-corrected chi connectivity index (χ1v) is 5.59. The van der Waals surface area contributed by atoms with Crippen LogP contribution in [0, 0.1) is 0 Å². The van der Waals surface area contributed by atoms with Gasteiger partial charge in [-0.2, -0.15) is 0 Å². The van der Waals surface area contributed by atoms with E-state index in [1.807, 2.05) is 0 Å². The molecular weight excluding hydrogens is 170 g/mol. The number of unbranched alkanes of at least 4 members (excludes halogenated alkanes) is 2. The molecule has 0 unspecified atom stereocenters. The Bertz CT molecular complexity index is 75.9. The minimum absolute atomic E-state index is 0.827. The molecule has 1 aliphatic heterocycles. The molecule has 0 aromatic rings. The molecule has 0 aromatic carbocycles. The zero-order chi connectivity index (χ0) is 9.23. The minimum Gasteiger partial charge on any atom is -0.306 e. The van der Waals surface area contributed by atoms with Gasteiger partial charge in [0.25, 0.3) is 0 Å². The van der Waals surface area contributed by atoms with Crippen molar-refractivity contribution in [2.75, 3.05) is 26.0 Å². The van der Waals surface area contributed by atoms with Gasteiger partial charge in [-0.05, 0) is 39.4 Å². The summed E-state index contributed by atoms with van der Waals surface area (Å²) < 4.78 is 0. The monoisotopic (exact) mass is 191 g/mol. The van der Waals surface area contributed by atoms with Crippen LogP contribution in [0.3, 0.4) is 0 Å². The fourth-order valence-corrected chi connectivity index (χ4v) is 1.41. The van der Waals surface area contributed by atoms with Crippen LogP contribution in [0.25, 0.3) is 0 Å².